The van der Waals surface area contributed by atoms with Gasteiger partial charge < -0.3 is 9.84 Å². The largest absolute Gasteiger partial charge is 0.390 e. The van der Waals surface area contributed by atoms with Crippen molar-refractivity contribution in [3.05, 3.63) is 35.9 Å². The van der Waals surface area contributed by atoms with Crippen LogP contribution in [0.5, 0.6) is 0 Å². The third kappa shape index (κ3) is 2.14. The lowest BCUT2D eigenvalue weighted by atomic mass is 10.0. The van der Waals surface area contributed by atoms with Crippen molar-refractivity contribution >= 4 is 0 Å². The molecule has 2 rings (SSSR count). The summed E-state index contributed by atoms with van der Waals surface area (Å²) in [7, 11) is 0. The van der Waals surface area contributed by atoms with Crippen molar-refractivity contribution in [1.82, 2.24) is 0 Å². The zero-order chi connectivity index (χ0) is 9.80. The van der Waals surface area contributed by atoms with Crippen molar-refractivity contribution in [3.63, 3.8) is 0 Å². The van der Waals surface area contributed by atoms with Gasteiger partial charge in [-0.15, -0.1) is 0 Å². The zero-order valence-corrected chi connectivity index (χ0v) is 8.23. The molecule has 0 radical (unpaired) electrons. The van der Waals surface area contributed by atoms with Gasteiger partial charge >= 0.3 is 0 Å². The molecule has 2 unspecified atom stereocenters. The summed E-state index contributed by atoms with van der Waals surface area (Å²) in [5.74, 6) is 0. The first kappa shape index (κ1) is 9.69. The van der Waals surface area contributed by atoms with Gasteiger partial charge in [-0.1, -0.05) is 30.3 Å². The molecule has 0 spiro atoms. The minimum Gasteiger partial charge on any atom is -0.390 e. The number of ether oxygens (including phenoxy) is 1. The fraction of sp³-hybridized carbons (Fsp3) is 0.500. The molecular formula is C12H16O2. The van der Waals surface area contributed by atoms with Crippen molar-refractivity contribution in [1.29, 1.82) is 0 Å². The highest BCUT2D eigenvalue weighted by atomic mass is 16.5. The molecule has 0 saturated carbocycles. The summed E-state index contributed by atoms with van der Waals surface area (Å²) >= 11 is 0. The fourth-order valence-corrected chi connectivity index (χ4v) is 1.89. The standard InChI is InChI=1S/C12H16O2/c13-11-8-4-5-9-14-12(11)10-6-2-1-3-7-10/h1-3,6-7,11-13H,4-5,8-9H2. The summed E-state index contributed by atoms with van der Waals surface area (Å²) in [6.45, 7) is 0.761. The molecule has 1 fully saturated rings. The average molecular weight is 192 g/mol. The second kappa shape index (κ2) is 4.58. The van der Waals surface area contributed by atoms with Crippen LogP contribution in [0.1, 0.15) is 30.9 Å². The SMILES string of the molecule is OC1CCCCOC1c1ccccc1. The first-order valence-corrected chi connectivity index (χ1v) is 5.22. The lowest BCUT2D eigenvalue weighted by Gasteiger charge is -2.20. The summed E-state index contributed by atoms with van der Waals surface area (Å²) in [6.07, 6.45) is 2.49. The minimum atomic E-state index is -0.347. The molecule has 1 aliphatic heterocycles. The van der Waals surface area contributed by atoms with Gasteiger partial charge in [0.05, 0.1) is 6.10 Å². The molecule has 1 aliphatic rings. The Balaban J connectivity index is 2.15. The van der Waals surface area contributed by atoms with Gasteiger partial charge in [0.25, 0.3) is 0 Å². The van der Waals surface area contributed by atoms with Crippen LogP contribution in [0.3, 0.4) is 0 Å². The Morgan fingerprint density at radius 3 is 2.71 bits per heavy atom. The van der Waals surface area contributed by atoms with Crippen LogP contribution in [-0.4, -0.2) is 17.8 Å². The van der Waals surface area contributed by atoms with E-state index in [2.05, 4.69) is 0 Å². The molecule has 2 atom stereocenters. The van der Waals surface area contributed by atoms with Gasteiger partial charge in [-0.3, -0.25) is 0 Å². The smallest absolute Gasteiger partial charge is 0.108 e. The van der Waals surface area contributed by atoms with Crippen LogP contribution in [0.4, 0.5) is 0 Å². The van der Waals surface area contributed by atoms with Crippen LogP contribution in [0.15, 0.2) is 30.3 Å². The first-order valence-electron chi connectivity index (χ1n) is 5.22. The van der Waals surface area contributed by atoms with Crippen molar-refractivity contribution in [2.75, 3.05) is 6.61 Å². The van der Waals surface area contributed by atoms with Crippen molar-refractivity contribution < 1.29 is 9.84 Å². The summed E-state index contributed by atoms with van der Waals surface area (Å²) in [5, 5.41) is 9.88. The van der Waals surface area contributed by atoms with Crippen LogP contribution in [0.2, 0.25) is 0 Å². The molecule has 0 bridgehead atoms. The maximum Gasteiger partial charge on any atom is 0.108 e. The highest BCUT2D eigenvalue weighted by Crippen LogP contribution is 2.27. The van der Waals surface area contributed by atoms with Gasteiger partial charge in [-0.05, 0) is 24.8 Å². The van der Waals surface area contributed by atoms with Crippen LogP contribution >= 0.6 is 0 Å². The summed E-state index contributed by atoms with van der Waals surface area (Å²) in [5.41, 5.74) is 1.09. The van der Waals surface area contributed by atoms with E-state index < -0.39 is 0 Å². The number of rotatable bonds is 1. The van der Waals surface area contributed by atoms with E-state index >= 15 is 0 Å². The zero-order valence-electron chi connectivity index (χ0n) is 8.23. The van der Waals surface area contributed by atoms with Crippen molar-refractivity contribution in [3.8, 4) is 0 Å². The minimum absolute atomic E-state index is 0.126. The summed E-state index contributed by atoms with van der Waals surface area (Å²) in [6, 6.07) is 9.97. The molecule has 2 nitrogen and oxygen atoms in total. The molecule has 1 aromatic rings. The number of benzene rings is 1. The van der Waals surface area contributed by atoms with Gasteiger partial charge in [0.2, 0.25) is 0 Å². The Morgan fingerprint density at radius 2 is 1.93 bits per heavy atom. The second-order valence-corrected chi connectivity index (χ2v) is 3.77. The summed E-state index contributed by atoms with van der Waals surface area (Å²) < 4.78 is 5.65. The van der Waals surface area contributed by atoms with E-state index in [1.54, 1.807) is 0 Å². The van der Waals surface area contributed by atoms with E-state index in [1.165, 1.54) is 0 Å². The Labute approximate surface area is 84.5 Å². The molecule has 1 aromatic carbocycles. The van der Waals surface area contributed by atoms with E-state index in [0.29, 0.717) is 0 Å². The Bertz CT molecular complexity index is 271. The van der Waals surface area contributed by atoms with E-state index in [9.17, 15) is 5.11 Å². The maximum absolute atomic E-state index is 9.88. The predicted molar refractivity (Wildman–Crippen MR) is 55.0 cm³/mol. The van der Waals surface area contributed by atoms with E-state index in [0.717, 1.165) is 31.4 Å². The van der Waals surface area contributed by atoms with Gasteiger partial charge in [-0.25, -0.2) is 0 Å². The Hall–Kier alpha value is -0.860. The molecule has 0 aromatic heterocycles. The normalized spacial score (nSPS) is 28.4. The van der Waals surface area contributed by atoms with Gasteiger partial charge in [0.1, 0.15) is 6.10 Å². The molecular weight excluding hydrogens is 176 g/mol. The maximum atomic E-state index is 9.88. The van der Waals surface area contributed by atoms with E-state index in [1.807, 2.05) is 30.3 Å². The monoisotopic (exact) mass is 192 g/mol. The molecule has 76 valence electrons. The highest BCUT2D eigenvalue weighted by Gasteiger charge is 2.23. The van der Waals surface area contributed by atoms with Crippen molar-refractivity contribution in [2.24, 2.45) is 0 Å². The third-order valence-corrected chi connectivity index (χ3v) is 2.67. The molecule has 14 heavy (non-hydrogen) atoms. The van der Waals surface area contributed by atoms with Crippen LogP contribution < -0.4 is 0 Å². The molecule has 1 N–H and O–H groups in total. The Morgan fingerprint density at radius 1 is 1.14 bits per heavy atom. The van der Waals surface area contributed by atoms with Gasteiger partial charge in [0.15, 0.2) is 0 Å². The van der Waals surface area contributed by atoms with E-state index in [-0.39, 0.29) is 12.2 Å². The van der Waals surface area contributed by atoms with Crippen molar-refractivity contribution in [2.45, 2.75) is 31.5 Å². The Kier molecular flexibility index (Phi) is 3.17. The van der Waals surface area contributed by atoms with Gasteiger partial charge in [-0.2, -0.15) is 0 Å². The molecule has 1 heterocycles. The lowest BCUT2D eigenvalue weighted by Crippen LogP contribution is -2.19. The second-order valence-electron chi connectivity index (χ2n) is 3.77. The predicted octanol–water partition coefficient (Wildman–Crippen LogP) is 2.29. The molecule has 2 heteroatoms. The molecule has 0 aliphatic carbocycles. The van der Waals surface area contributed by atoms with Crippen LogP contribution in [-0.2, 0) is 4.74 Å². The fourth-order valence-electron chi connectivity index (χ4n) is 1.89. The van der Waals surface area contributed by atoms with Gasteiger partial charge in [0, 0.05) is 6.61 Å². The topological polar surface area (TPSA) is 29.5 Å². The average Bonchev–Trinajstić information content (AvgIpc) is 2.44. The number of hydrogen-bond acceptors (Lipinski definition) is 2. The number of aliphatic hydroxyl groups excluding tert-OH is 1. The first-order chi connectivity index (χ1) is 6.88. The molecule has 0 amide bonds. The lowest BCUT2D eigenvalue weighted by molar-refractivity contribution is -0.0269. The van der Waals surface area contributed by atoms with E-state index in [4.69, 9.17) is 4.74 Å². The number of aliphatic hydroxyl groups is 1. The highest BCUT2D eigenvalue weighted by molar-refractivity contribution is 5.18. The number of hydrogen-bond donors (Lipinski definition) is 1. The third-order valence-electron chi connectivity index (χ3n) is 2.67. The quantitative estimate of drug-likeness (QED) is 0.739. The van der Waals surface area contributed by atoms with Crippen LogP contribution in [0.25, 0.3) is 0 Å². The molecule has 1 saturated heterocycles. The van der Waals surface area contributed by atoms with Crippen LogP contribution in [0, 0.1) is 0 Å². The summed E-state index contributed by atoms with van der Waals surface area (Å²) in [4.78, 5) is 0.